The highest BCUT2D eigenvalue weighted by molar-refractivity contribution is 5.94. The molecule has 0 saturated heterocycles. The van der Waals surface area contributed by atoms with Gasteiger partial charge in [-0.15, -0.1) is 0 Å². The number of nitrogens with zero attached hydrogens (tertiary/aromatic N) is 1. The Kier molecular flexibility index (Phi) is 7.85. The first-order chi connectivity index (χ1) is 13.0. The number of ether oxygens (including phenoxy) is 1. The number of esters is 1. The van der Waals surface area contributed by atoms with Crippen molar-refractivity contribution in [3.05, 3.63) is 48.0 Å². The van der Waals surface area contributed by atoms with Crippen LogP contribution in [0.5, 0.6) is 0 Å². The first-order valence-corrected chi connectivity index (χ1v) is 10.4. The van der Waals surface area contributed by atoms with Gasteiger partial charge in [-0.2, -0.15) is 0 Å². The molecular weight excluding hydrogens is 334 g/mol. The van der Waals surface area contributed by atoms with Gasteiger partial charge in [0.05, 0.1) is 12.0 Å². The van der Waals surface area contributed by atoms with Crippen LogP contribution in [0.15, 0.2) is 42.5 Å². The van der Waals surface area contributed by atoms with E-state index < -0.39 is 5.41 Å². The minimum atomic E-state index is -0.621. The Morgan fingerprint density at radius 2 is 1.70 bits per heavy atom. The fourth-order valence-corrected chi connectivity index (χ4v) is 4.18. The Morgan fingerprint density at radius 3 is 2.33 bits per heavy atom. The molecule has 0 saturated carbocycles. The molecule has 148 valence electrons. The lowest BCUT2D eigenvalue weighted by Crippen LogP contribution is -2.43. The predicted molar refractivity (Wildman–Crippen MR) is 114 cm³/mol. The standard InChI is InChI=1S/C24H35NO2/c1-6-25(7-2)18-12-17-24(19(4)5,23(26)27-8-3)22-16-11-14-20-13-9-10-15-21(20)22/h9-11,13-16,19H,6-8,12,17-18H2,1-5H3. The highest BCUT2D eigenvalue weighted by Gasteiger charge is 2.45. The van der Waals surface area contributed by atoms with Gasteiger partial charge in [0, 0.05) is 0 Å². The maximum atomic E-state index is 13.3. The van der Waals surface area contributed by atoms with Gasteiger partial charge < -0.3 is 9.64 Å². The van der Waals surface area contributed by atoms with Crippen molar-refractivity contribution in [2.75, 3.05) is 26.2 Å². The van der Waals surface area contributed by atoms with Crippen LogP contribution in [-0.2, 0) is 14.9 Å². The fourth-order valence-electron chi connectivity index (χ4n) is 4.18. The molecule has 0 aliphatic rings. The molecule has 2 aromatic rings. The van der Waals surface area contributed by atoms with E-state index >= 15 is 0 Å². The van der Waals surface area contributed by atoms with Crippen molar-refractivity contribution < 1.29 is 9.53 Å². The summed E-state index contributed by atoms with van der Waals surface area (Å²) in [5.74, 6) is 0.0648. The SMILES string of the molecule is CCOC(=O)C(CCCN(CC)CC)(c1cccc2ccccc12)C(C)C. The normalized spacial score (nSPS) is 13.9. The molecule has 27 heavy (non-hydrogen) atoms. The van der Waals surface area contributed by atoms with Gasteiger partial charge in [-0.3, -0.25) is 4.79 Å². The maximum Gasteiger partial charge on any atom is 0.316 e. The molecule has 0 radical (unpaired) electrons. The summed E-state index contributed by atoms with van der Waals surface area (Å²) in [6, 6.07) is 14.7. The van der Waals surface area contributed by atoms with E-state index in [9.17, 15) is 4.79 Å². The van der Waals surface area contributed by atoms with E-state index in [2.05, 4.69) is 69.0 Å². The summed E-state index contributed by atoms with van der Waals surface area (Å²) < 4.78 is 5.63. The molecule has 0 bridgehead atoms. The Labute approximate surface area is 164 Å². The van der Waals surface area contributed by atoms with Gasteiger partial charge in [0.25, 0.3) is 0 Å². The molecule has 0 spiro atoms. The Hall–Kier alpha value is -1.87. The number of carbonyl (C=O) groups excluding carboxylic acids is 1. The molecule has 0 aliphatic carbocycles. The van der Waals surface area contributed by atoms with Gasteiger partial charge in [0.1, 0.15) is 0 Å². The van der Waals surface area contributed by atoms with Crippen molar-refractivity contribution in [1.82, 2.24) is 4.90 Å². The van der Waals surface area contributed by atoms with Gasteiger partial charge >= 0.3 is 5.97 Å². The second-order valence-corrected chi connectivity index (χ2v) is 7.50. The van der Waals surface area contributed by atoms with Crippen LogP contribution in [0.25, 0.3) is 10.8 Å². The van der Waals surface area contributed by atoms with Crippen molar-refractivity contribution in [3.63, 3.8) is 0 Å². The van der Waals surface area contributed by atoms with Crippen LogP contribution in [0.2, 0.25) is 0 Å². The lowest BCUT2D eigenvalue weighted by molar-refractivity contribution is -0.152. The number of benzene rings is 2. The van der Waals surface area contributed by atoms with Gasteiger partial charge in [0.15, 0.2) is 0 Å². The van der Waals surface area contributed by atoms with E-state index in [4.69, 9.17) is 4.74 Å². The van der Waals surface area contributed by atoms with E-state index in [0.717, 1.165) is 43.4 Å². The third kappa shape index (κ3) is 4.52. The highest BCUT2D eigenvalue weighted by atomic mass is 16.5. The van der Waals surface area contributed by atoms with Gasteiger partial charge in [-0.05, 0) is 61.7 Å². The molecule has 0 heterocycles. The topological polar surface area (TPSA) is 29.5 Å². The maximum absolute atomic E-state index is 13.3. The average molecular weight is 370 g/mol. The summed E-state index contributed by atoms with van der Waals surface area (Å²) in [6.45, 7) is 14.1. The van der Waals surface area contributed by atoms with E-state index in [1.54, 1.807) is 0 Å². The molecule has 1 atom stereocenters. The Bertz CT molecular complexity index is 731. The predicted octanol–water partition coefficient (Wildman–Crippen LogP) is 5.42. The van der Waals surface area contributed by atoms with Gasteiger partial charge in [-0.25, -0.2) is 0 Å². The number of fused-ring (bicyclic) bond motifs is 1. The lowest BCUT2D eigenvalue weighted by atomic mass is 9.67. The Balaban J connectivity index is 2.52. The van der Waals surface area contributed by atoms with Crippen molar-refractivity contribution in [3.8, 4) is 0 Å². The van der Waals surface area contributed by atoms with Crippen LogP contribution in [0.3, 0.4) is 0 Å². The van der Waals surface area contributed by atoms with Gasteiger partial charge in [0.2, 0.25) is 0 Å². The molecule has 2 rings (SSSR count). The fraction of sp³-hybridized carbons (Fsp3) is 0.542. The zero-order valence-corrected chi connectivity index (χ0v) is 17.6. The van der Waals surface area contributed by atoms with Crippen molar-refractivity contribution >= 4 is 16.7 Å². The lowest BCUT2D eigenvalue weighted by Gasteiger charge is -2.37. The summed E-state index contributed by atoms with van der Waals surface area (Å²) in [4.78, 5) is 15.7. The third-order valence-electron chi connectivity index (χ3n) is 5.84. The summed E-state index contributed by atoms with van der Waals surface area (Å²) in [5.41, 5.74) is 0.484. The van der Waals surface area contributed by atoms with Crippen LogP contribution >= 0.6 is 0 Å². The minimum absolute atomic E-state index is 0.0871. The van der Waals surface area contributed by atoms with Crippen LogP contribution in [0.4, 0.5) is 0 Å². The number of carbonyl (C=O) groups is 1. The first kappa shape index (κ1) is 21.4. The van der Waals surface area contributed by atoms with Gasteiger partial charge in [-0.1, -0.05) is 70.2 Å². The molecule has 0 aromatic heterocycles. The largest absolute Gasteiger partial charge is 0.465 e. The molecule has 0 N–H and O–H groups in total. The first-order valence-electron chi connectivity index (χ1n) is 10.4. The zero-order valence-electron chi connectivity index (χ0n) is 17.6. The molecule has 3 nitrogen and oxygen atoms in total. The van der Waals surface area contributed by atoms with E-state index in [1.165, 1.54) is 5.39 Å². The second kappa shape index (κ2) is 9.89. The second-order valence-electron chi connectivity index (χ2n) is 7.50. The van der Waals surface area contributed by atoms with E-state index in [0.29, 0.717) is 6.61 Å². The molecule has 0 fully saturated rings. The molecular formula is C24H35NO2. The van der Waals surface area contributed by atoms with E-state index in [1.807, 2.05) is 13.0 Å². The number of rotatable bonds is 10. The monoisotopic (exact) mass is 369 g/mol. The average Bonchev–Trinajstić information content (AvgIpc) is 2.68. The smallest absolute Gasteiger partial charge is 0.316 e. The summed E-state index contributed by atoms with van der Waals surface area (Å²) in [5, 5.41) is 2.33. The molecule has 0 amide bonds. The number of hydrogen-bond donors (Lipinski definition) is 0. The zero-order chi connectivity index (χ0) is 19.9. The molecule has 1 unspecified atom stereocenters. The molecule has 0 aliphatic heterocycles. The van der Waals surface area contributed by atoms with Crippen molar-refractivity contribution in [2.24, 2.45) is 5.92 Å². The van der Waals surface area contributed by atoms with E-state index in [-0.39, 0.29) is 11.9 Å². The van der Waals surface area contributed by atoms with Crippen LogP contribution in [0, 0.1) is 5.92 Å². The number of hydrogen-bond acceptors (Lipinski definition) is 3. The van der Waals surface area contributed by atoms with Crippen LogP contribution in [-0.4, -0.2) is 37.1 Å². The van der Waals surface area contributed by atoms with Crippen molar-refractivity contribution in [1.29, 1.82) is 0 Å². The Morgan fingerprint density at radius 1 is 1.04 bits per heavy atom. The molecule has 3 heteroatoms. The summed E-state index contributed by atoms with van der Waals surface area (Å²) >= 11 is 0. The molecule has 2 aromatic carbocycles. The van der Waals surface area contributed by atoms with Crippen LogP contribution < -0.4 is 0 Å². The minimum Gasteiger partial charge on any atom is -0.465 e. The summed E-state index contributed by atoms with van der Waals surface area (Å²) in [7, 11) is 0. The third-order valence-corrected chi connectivity index (χ3v) is 5.84. The van der Waals surface area contributed by atoms with Crippen LogP contribution in [0.1, 0.15) is 53.0 Å². The quantitative estimate of drug-likeness (QED) is 0.524. The highest BCUT2D eigenvalue weighted by Crippen LogP contribution is 2.41. The van der Waals surface area contributed by atoms with Crippen molar-refractivity contribution in [2.45, 2.75) is 52.9 Å². The summed E-state index contributed by atoms with van der Waals surface area (Å²) in [6.07, 6.45) is 1.77.